The number of aliphatic imine (C=N–C) groups is 1. The Balaban J connectivity index is 2.49. The maximum atomic E-state index is 5.19. The Bertz CT molecular complexity index is 240. The highest BCUT2D eigenvalue weighted by Crippen LogP contribution is 2.16. The molecule has 0 spiro atoms. The Morgan fingerprint density at radius 3 is 3.12 bits per heavy atom. The summed E-state index contributed by atoms with van der Waals surface area (Å²) >= 11 is 0. The van der Waals surface area contributed by atoms with Gasteiger partial charge in [0.1, 0.15) is 0 Å². The summed E-state index contributed by atoms with van der Waals surface area (Å²) in [4.78, 5) is 6.78. The van der Waals surface area contributed by atoms with Gasteiger partial charge in [-0.1, -0.05) is 6.08 Å². The lowest BCUT2D eigenvalue weighted by Gasteiger charge is -2.21. The Morgan fingerprint density at radius 1 is 1.69 bits per heavy atom. The lowest BCUT2D eigenvalue weighted by molar-refractivity contribution is 0.157. The van der Waals surface area contributed by atoms with E-state index in [4.69, 9.17) is 4.74 Å². The first-order chi connectivity index (χ1) is 7.81. The first-order valence-electron chi connectivity index (χ1n) is 5.94. The molecule has 92 valence electrons. The monoisotopic (exact) mass is 225 g/mol. The van der Waals surface area contributed by atoms with Crippen LogP contribution >= 0.6 is 0 Å². The number of hydrogen-bond donors (Lipinski definition) is 1. The minimum absolute atomic E-state index is 0.637. The van der Waals surface area contributed by atoms with Gasteiger partial charge in [-0.2, -0.15) is 0 Å². The highest BCUT2D eigenvalue weighted by Gasteiger charge is 2.24. The van der Waals surface area contributed by atoms with Crippen LogP contribution in [-0.2, 0) is 4.74 Å². The summed E-state index contributed by atoms with van der Waals surface area (Å²) in [6, 6.07) is 0. The van der Waals surface area contributed by atoms with E-state index in [9.17, 15) is 0 Å². The number of hydrogen-bond acceptors (Lipinski definition) is 2. The van der Waals surface area contributed by atoms with Gasteiger partial charge >= 0.3 is 0 Å². The van der Waals surface area contributed by atoms with Crippen LogP contribution in [0, 0.1) is 5.92 Å². The molecule has 1 fully saturated rings. The van der Waals surface area contributed by atoms with Crippen LogP contribution in [0.25, 0.3) is 0 Å². The number of nitrogens with one attached hydrogen (secondary N) is 1. The molecule has 4 nitrogen and oxygen atoms in total. The maximum Gasteiger partial charge on any atom is 0.194 e. The van der Waals surface area contributed by atoms with Crippen LogP contribution in [0.1, 0.15) is 13.3 Å². The molecule has 1 N–H and O–H groups in total. The molecule has 16 heavy (non-hydrogen) atoms. The molecule has 1 rings (SSSR count). The van der Waals surface area contributed by atoms with Gasteiger partial charge < -0.3 is 15.0 Å². The quantitative estimate of drug-likeness (QED) is 0.432. The number of guanidine groups is 1. The van der Waals surface area contributed by atoms with Gasteiger partial charge in [0.2, 0.25) is 0 Å². The summed E-state index contributed by atoms with van der Waals surface area (Å²) in [7, 11) is 1.76. The number of ether oxygens (including phenoxy) is 1. The van der Waals surface area contributed by atoms with Crippen LogP contribution in [0.5, 0.6) is 0 Å². The van der Waals surface area contributed by atoms with Crippen molar-refractivity contribution >= 4 is 5.96 Å². The van der Waals surface area contributed by atoms with Gasteiger partial charge in [-0.25, -0.2) is 4.99 Å². The molecule has 1 saturated heterocycles. The average molecular weight is 225 g/mol. The average Bonchev–Trinajstić information content (AvgIpc) is 2.73. The fourth-order valence-corrected chi connectivity index (χ4v) is 1.97. The third kappa shape index (κ3) is 3.85. The molecule has 0 aromatic rings. The van der Waals surface area contributed by atoms with E-state index in [2.05, 4.69) is 28.7 Å². The second-order valence-electron chi connectivity index (χ2n) is 4.04. The molecule has 1 atom stereocenters. The van der Waals surface area contributed by atoms with Gasteiger partial charge in [0.05, 0.1) is 13.2 Å². The first-order valence-corrected chi connectivity index (χ1v) is 5.94. The van der Waals surface area contributed by atoms with Gasteiger partial charge in [0.25, 0.3) is 0 Å². The Kier molecular flexibility index (Phi) is 5.93. The normalized spacial score (nSPS) is 21.2. The molecule has 0 aromatic carbocycles. The van der Waals surface area contributed by atoms with Crippen molar-refractivity contribution in [2.75, 3.05) is 39.9 Å². The van der Waals surface area contributed by atoms with Crippen LogP contribution in [-0.4, -0.2) is 50.8 Å². The summed E-state index contributed by atoms with van der Waals surface area (Å²) in [6.45, 7) is 10.3. The third-order valence-electron chi connectivity index (χ3n) is 2.69. The van der Waals surface area contributed by atoms with Gasteiger partial charge in [-0.3, -0.25) is 0 Å². The van der Waals surface area contributed by atoms with Crippen molar-refractivity contribution < 1.29 is 4.74 Å². The van der Waals surface area contributed by atoms with Crippen molar-refractivity contribution in [1.29, 1.82) is 0 Å². The second-order valence-corrected chi connectivity index (χ2v) is 4.04. The van der Waals surface area contributed by atoms with E-state index in [1.165, 1.54) is 6.42 Å². The van der Waals surface area contributed by atoms with Crippen molar-refractivity contribution in [3.05, 3.63) is 12.7 Å². The highest BCUT2D eigenvalue weighted by atomic mass is 16.5. The van der Waals surface area contributed by atoms with Crippen LogP contribution in [0.15, 0.2) is 17.6 Å². The molecule has 1 aliphatic heterocycles. The Morgan fingerprint density at radius 2 is 2.50 bits per heavy atom. The molecule has 0 amide bonds. The fraction of sp³-hybridized carbons (Fsp3) is 0.750. The van der Waals surface area contributed by atoms with Crippen molar-refractivity contribution in [1.82, 2.24) is 10.2 Å². The third-order valence-corrected chi connectivity index (χ3v) is 2.69. The van der Waals surface area contributed by atoms with Gasteiger partial charge in [-0.05, 0) is 13.3 Å². The number of nitrogens with zero attached hydrogens (tertiary/aromatic N) is 2. The standard InChI is InChI=1S/C12H23N3O/c1-4-7-14-12(13-5-2)15-8-6-11(9-15)10-16-3/h4,11H,1,5-10H2,2-3H3,(H,13,14). The molecule has 0 saturated carbocycles. The SMILES string of the molecule is C=CCN=C(NCC)N1CCC(COC)C1. The van der Waals surface area contributed by atoms with E-state index < -0.39 is 0 Å². The summed E-state index contributed by atoms with van der Waals surface area (Å²) in [5, 5.41) is 3.31. The van der Waals surface area contributed by atoms with Crippen LogP contribution in [0.2, 0.25) is 0 Å². The molecule has 0 aromatic heterocycles. The van der Waals surface area contributed by atoms with Crippen molar-refractivity contribution in [2.24, 2.45) is 10.9 Å². The van der Waals surface area contributed by atoms with Gasteiger partial charge in [0, 0.05) is 32.7 Å². The molecule has 1 unspecified atom stereocenters. The maximum absolute atomic E-state index is 5.19. The van der Waals surface area contributed by atoms with Gasteiger partial charge in [0.15, 0.2) is 5.96 Å². The summed E-state index contributed by atoms with van der Waals surface area (Å²) < 4.78 is 5.19. The minimum atomic E-state index is 0.637. The van der Waals surface area contributed by atoms with E-state index in [0.717, 1.165) is 32.2 Å². The lowest BCUT2D eigenvalue weighted by atomic mass is 10.1. The topological polar surface area (TPSA) is 36.9 Å². The fourth-order valence-electron chi connectivity index (χ4n) is 1.97. The van der Waals surface area contributed by atoms with E-state index in [1.807, 2.05) is 6.08 Å². The van der Waals surface area contributed by atoms with Crippen molar-refractivity contribution in [2.45, 2.75) is 13.3 Å². The van der Waals surface area contributed by atoms with Gasteiger partial charge in [-0.15, -0.1) is 6.58 Å². The van der Waals surface area contributed by atoms with E-state index in [1.54, 1.807) is 7.11 Å². The number of rotatable bonds is 5. The van der Waals surface area contributed by atoms with Crippen LogP contribution in [0.4, 0.5) is 0 Å². The zero-order valence-electron chi connectivity index (χ0n) is 10.4. The Labute approximate surface area is 98.4 Å². The summed E-state index contributed by atoms with van der Waals surface area (Å²) in [6.07, 6.45) is 3.01. The highest BCUT2D eigenvalue weighted by molar-refractivity contribution is 5.80. The van der Waals surface area contributed by atoms with E-state index >= 15 is 0 Å². The molecule has 0 bridgehead atoms. The largest absolute Gasteiger partial charge is 0.384 e. The predicted molar refractivity (Wildman–Crippen MR) is 67.7 cm³/mol. The zero-order valence-corrected chi connectivity index (χ0v) is 10.4. The van der Waals surface area contributed by atoms with E-state index in [-0.39, 0.29) is 0 Å². The smallest absolute Gasteiger partial charge is 0.194 e. The molecule has 4 heteroatoms. The van der Waals surface area contributed by atoms with E-state index in [0.29, 0.717) is 12.5 Å². The summed E-state index contributed by atoms with van der Waals surface area (Å²) in [5.41, 5.74) is 0. The van der Waals surface area contributed by atoms with Crippen molar-refractivity contribution in [3.8, 4) is 0 Å². The second kappa shape index (κ2) is 7.28. The predicted octanol–water partition coefficient (Wildman–Crippen LogP) is 1.11. The minimum Gasteiger partial charge on any atom is -0.384 e. The molecule has 1 aliphatic rings. The number of methoxy groups -OCH3 is 1. The van der Waals surface area contributed by atoms with Crippen molar-refractivity contribution in [3.63, 3.8) is 0 Å². The zero-order chi connectivity index (χ0) is 11.8. The molecular weight excluding hydrogens is 202 g/mol. The Hall–Kier alpha value is -1.03. The molecule has 1 heterocycles. The summed E-state index contributed by atoms with van der Waals surface area (Å²) in [5.74, 6) is 1.64. The molecule has 0 radical (unpaired) electrons. The van der Waals surface area contributed by atoms with Crippen LogP contribution < -0.4 is 5.32 Å². The lowest BCUT2D eigenvalue weighted by Crippen LogP contribution is -2.40. The molecular formula is C12H23N3O. The number of likely N-dealkylation sites (tertiary alicyclic amines) is 1. The first kappa shape index (κ1) is 13.0. The van der Waals surface area contributed by atoms with Crippen LogP contribution in [0.3, 0.4) is 0 Å². The molecule has 0 aliphatic carbocycles.